The number of halogens is 2. The van der Waals surface area contributed by atoms with E-state index in [1.54, 1.807) is 6.92 Å². The maximum absolute atomic E-state index is 10.2. The molecule has 0 aliphatic carbocycles. The second kappa shape index (κ2) is 14.3. The SMILES string of the molecule is CCCCCCCC/C=C\CCCCCCCC(C)(C(C)(O)Cl)C(C)(O)Cl. The second-order valence-electron chi connectivity index (χ2n) is 8.57. The van der Waals surface area contributed by atoms with Crippen molar-refractivity contribution in [3.63, 3.8) is 0 Å². The molecule has 0 fully saturated rings. The normalized spacial score (nSPS) is 19.0. The lowest BCUT2D eigenvalue weighted by atomic mass is 9.74. The van der Waals surface area contributed by atoms with Gasteiger partial charge in [0.05, 0.1) is 5.41 Å². The Bertz CT molecular complexity index is 367. The Hall–Kier alpha value is 0.240. The van der Waals surface area contributed by atoms with Crippen molar-refractivity contribution in [2.24, 2.45) is 5.41 Å². The molecule has 0 saturated carbocycles. The van der Waals surface area contributed by atoms with Crippen LogP contribution in [0.5, 0.6) is 0 Å². The van der Waals surface area contributed by atoms with Crippen LogP contribution in [0.4, 0.5) is 0 Å². The Morgan fingerprint density at radius 1 is 0.630 bits per heavy atom. The first-order valence-electron chi connectivity index (χ1n) is 11.0. The zero-order valence-electron chi connectivity index (χ0n) is 18.2. The summed E-state index contributed by atoms with van der Waals surface area (Å²) in [6.07, 6.45) is 21.4. The van der Waals surface area contributed by atoms with Crippen molar-refractivity contribution in [2.75, 3.05) is 0 Å². The van der Waals surface area contributed by atoms with E-state index in [2.05, 4.69) is 19.1 Å². The van der Waals surface area contributed by atoms with Crippen LogP contribution in [0.15, 0.2) is 12.2 Å². The highest BCUT2D eigenvalue weighted by atomic mass is 35.5. The monoisotopic (exact) mass is 422 g/mol. The molecule has 0 radical (unpaired) electrons. The molecule has 0 heterocycles. The molecule has 2 unspecified atom stereocenters. The molecule has 0 bridgehead atoms. The van der Waals surface area contributed by atoms with Crippen LogP contribution in [0.25, 0.3) is 0 Å². The lowest BCUT2D eigenvalue weighted by Crippen LogP contribution is -2.52. The third kappa shape index (κ3) is 11.7. The predicted molar refractivity (Wildman–Crippen MR) is 121 cm³/mol. The maximum atomic E-state index is 10.2. The molecule has 27 heavy (non-hydrogen) atoms. The van der Waals surface area contributed by atoms with Crippen LogP contribution in [0.2, 0.25) is 0 Å². The largest absolute Gasteiger partial charge is 0.375 e. The Balaban J connectivity index is 3.71. The van der Waals surface area contributed by atoms with E-state index in [1.807, 2.05) is 0 Å². The van der Waals surface area contributed by atoms with Crippen LogP contribution in [-0.4, -0.2) is 20.3 Å². The van der Waals surface area contributed by atoms with E-state index in [4.69, 9.17) is 23.2 Å². The highest BCUT2D eigenvalue weighted by Gasteiger charge is 2.53. The summed E-state index contributed by atoms with van der Waals surface area (Å²) in [6, 6.07) is 0. The number of hydrogen-bond donors (Lipinski definition) is 2. The van der Waals surface area contributed by atoms with Crippen LogP contribution in [0, 0.1) is 5.41 Å². The zero-order valence-corrected chi connectivity index (χ0v) is 19.7. The third-order valence-corrected chi connectivity index (χ3v) is 6.79. The van der Waals surface area contributed by atoms with Gasteiger partial charge in [0, 0.05) is 0 Å². The topological polar surface area (TPSA) is 40.5 Å². The summed E-state index contributed by atoms with van der Waals surface area (Å²) < 4.78 is 0. The maximum Gasteiger partial charge on any atom is 0.145 e. The molecule has 0 amide bonds. The van der Waals surface area contributed by atoms with Gasteiger partial charge in [0.2, 0.25) is 0 Å². The van der Waals surface area contributed by atoms with Gasteiger partial charge in [0.25, 0.3) is 0 Å². The van der Waals surface area contributed by atoms with Crippen molar-refractivity contribution in [1.29, 1.82) is 0 Å². The Kier molecular flexibility index (Phi) is 14.4. The number of unbranched alkanes of at least 4 members (excludes halogenated alkanes) is 11. The number of allylic oxidation sites excluding steroid dienone is 2. The van der Waals surface area contributed by atoms with Crippen molar-refractivity contribution in [1.82, 2.24) is 0 Å². The van der Waals surface area contributed by atoms with Crippen LogP contribution in [0.3, 0.4) is 0 Å². The summed E-state index contributed by atoms with van der Waals surface area (Å²) in [5, 5.41) is 17.3. The van der Waals surface area contributed by atoms with Crippen molar-refractivity contribution >= 4 is 23.2 Å². The molecular weight excluding hydrogens is 379 g/mol. The fraction of sp³-hybridized carbons (Fsp3) is 0.913. The lowest BCUT2D eigenvalue weighted by Gasteiger charge is -2.45. The average Bonchev–Trinajstić information content (AvgIpc) is 2.56. The molecule has 0 aromatic carbocycles. The molecule has 0 aliphatic heterocycles. The molecule has 0 saturated heterocycles. The standard InChI is InChI=1S/C23H44Cl2O2/c1-5-6-7-8-9-10-11-12-13-14-15-16-17-18-19-20-21(2,22(3,24)26)23(4,25)27/h12-13,26-27H,5-11,14-20H2,1-4H3/b13-12-. The van der Waals surface area contributed by atoms with Gasteiger partial charge in [-0.1, -0.05) is 107 Å². The molecule has 2 nitrogen and oxygen atoms in total. The first kappa shape index (κ1) is 27.2. The van der Waals surface area contributed by atoms with Crippen molar-refractivity contribution in [3.8, 4) is 0 Å². The fourth-order valence-electron chi connectivity index (χ4n) is 3.42. The highest BCUT2D eigenvalue weighted by molar-refractivity contribution is 6.26. The van der Waals surface area contributed by atoms with Gasteiger partial charge in [-0.2, -0.15) is 0 Å². The van der Waals surface area contributed by atoms with E-state index in [0.717, 1.165) is 19.3 Å². The molecule has 0 aromatic rings. The summed E-state index contributed by atoms with van der Waals surface area (Å²) in [4.78, 5) is 0. The van der Waals surface area contributed by atoms with Crippen LogP contribution < -0.4 is 0 Å². The number of hydrogen-bond acceptors (Lipinski definition) is 2. The third-order valence-electron chi connectivity index (χ3n) is 5.95. The number of aliphatic hydroxyl groups is 2. The second-order valence-corrected chi connectivity index (χ2v) is 10.0. The Labute approximate surface area is 178 Å². The minimum absolute atomic E-state index is 0.595. The van der Waals surface area contributed by atoms with E-state index in [-0.39, 0.29) is 0 Å². The molecule has 2 atom stereocenters. The zero-order chi connectivity index (χ0) is 20.8. The molecule has 0 spiro atoms. The smallest absolute Gasteiger partial charge is 0.145 e. The van der Waals surface area contributed by atoms with Gasteiger partial charge in [-0.25, -0.2) is 0 Å². The molecule has 0 aromatic heterocycles. The fourth-order valence-corrected chi connectivity index (χ4v) is 4.03. The minimum Gasteiger partial charge on any atom is -0.375 e. The summed E-state index contributed by atoms with van der Waals surface area (Å²) in [6.45, 7) is 7.02. The van der Waals surface area contributed by atoms with Crippen LogP contribution in [0.1, 0.15) is 118 Å². The number of alkyl halides is 2. The first-order chi connectivity index (χ1) is 12.6. The molecule has 4 heteroatoms. The van der Waals surface area contributed by atoms with Gasteiger partial charge < -0.3 is 10.2 Å². The van der Waals surface area contributed by atoms with E-state index >= 15 is 0 Å². The molecule has 162 valence electrons. The van der Waals surface area contributed by atoms with Gasteiger partial charge in [-0.3, -0.25) is 0 Å². The molecular formula is C23H44Cl2O2. The van der Waals surface area contributed by atoms with E-state index in [9.17, 15) is 10.2 Å². The predicted octanol–water partition coefficient (Wildman–Crippen LogP) is 7.92. The summed E-state index contributed by atoms with van der Waals surface area (Å²) in [7, 11) is 0. The van der Waals surface area contributed by atoms with Gasteiger partial charge in [0.15, 0.2) is 0 Å². The Morgan fingerprint density at radius 2 is 1.00 bits per heavy atom. The molecule has 0 aliphatic rings. The van der Waals surface area contributed by atoms with Crippen LogP contribution in [-0.2, 0) is 0 Å². The van der Waals surface area contributed by atoms with Gasteiger partial charge in [-0.15, -0.1) is 0 Å². The van der Waals surface area contributed by atoms with Crippen LogP contribution >= 0.6 is 23.2 Å². The first-order valence-corrected chi connectivity index (χ1v) is 11.8. The van der Waals surface area contributed by atoms with Gasteiger partial charge in [0.1, 0.15) is 10.1 Å². The minimum atomic E-state index is -1.54. The van der Waals surface area contributed by atoms with E-state index in [0.29, 0.717) is 6.42 Å². The quantitative estimate of drug-likeness (QED) is 0.142. The Morgan fingerprint density at radius 3 is 1.41 bits per heavy atom. The average molecular weight is 424 g/mol. The van der Waals surface area contributed by atoms with Crippen molar-refractivity contribution in [3.05, 3.63) is 12.2 Å². The van der Waals surface area contributed by atoms with Crippen molar-refractivity contribution < 1.29 is 10.2 Å². The van der Waals surface area contributed by atoms with Gasteiger partial charge >= 0.3 is 0 Å². The summed E-state index contributed by atoms with van der Waals surface area (Å²) in [5.41, 5.74) is -0.956. The highest BCUT2D eigenvalue weighted by Crippen LogP contribution is 2.49. The van der Waals surface area contributed by atoms with E-state index < -0.39 is 15.5 Å². The summed E-state index contributed by atoms with van der Waals surface area (Å²) in [5.74, 6) is 0. The molecule has 2 N–H and O–H groups in total. The van der Waals surface area contributed by atoms with Crippen molar-refractivity contribution in [2.45, 2.75) is 128 Å². The number of rotatable bonds is 17. The van der Waals surface area contributed by atoms with E-state index in [1.165, 1.54) is 78.1 Å². The summed E-state index contributed by atoms with van der Waals surface area (Å²) >= 11 is 12.2. The molecule has 0 rings (SSSR count). The van der Waals surface area contributed by atoms with Gasteiger partial charge in [-0.05, 0) is 46.0 Å². The lowest BCUT2D eigenvalue weighted by molar-refractivity contribution is -0.0967.